The first kappa shape index (κ1) is 14.9. The topological polar surface area (TPSA) is 21.3 Å². The third-order valence-corrected chi connectivity index (χ3v) is 4.25. The molecule has 0 aliphatic rings. The van der Waals surface area contributed by atoms with Gasteiger partial charge in [-0.15, -0.1) is 0 Å². The Morgan fingerprint density at radius 3 is 2.45 bits per heavy atom. The lowest BCUT2D eigenvalue weighted by Crippen LogP contribution is -2.17. The normalized spacial score (nSPS) is 12.2. The van der Waals surface area contributed by atoms with Crippen LogP contribution in [-0.4, -0.2) is 13.7 Å². The van der Waals surface area contributed by atoms with Crippen LogP contribution in [0.25, 0.3) is 0 Å². The van der Waals surface area contributed by atoms with Gasteiger partial charge in [-0.3, -0.25) is 0 Å². The van der Waals surface area contributed by atoms with Crippen molar-refractivity contribution in [2.75, 3.05) is 13.7 Å². The number of nitrogens with one attached hydrogen (secondary N) is 1. The Kier molecular flexibility index (Phi) is 5.50. The van der Waals surface area contributed by atoms with E-state index in [4.69, 9.17) is 4.74 Å². The molecule has 2 aromatic carbocycles. The second kappa shape index (κ2) is 7.36. The molecule has 2 aromatic rings. The van der Waals surface area contributed by atoms with Crippen LogP contribution in [0.2, 0.25) is 0 Å². The van der Waals surface area contributed by atoms with Gasteiger partial charge < -0.3 is 10.1 Å². The Labute approximate surface area is 125 Å². The van der Waals surface area contributed by atoms with Gasteiger partial charge in [0, 0.05) is 10.9 Å². The molecule has 0 spiro atoms. The summed E-state index contributed by atoms with van der Waals surface area (Å²) in [7, 11) is 1.71. The summed E-state index contributed by atoms with van der Waals surface area (Å²) in [6.45, 7) is 5.30. The zero-order valence-electron chi connectivity index (χ0n) is 12.2. The smallest absolute Gasteiger partial charge is 0.132 e. The van der Waals surface area contributed by atoms with Gasteiger partial charge in [-0.25, -0.2) is 0 Å². The SMILES string of the molecule is CCNC(C)c1ccc(Sc2ccccc2OC)cc1. The van der Waals surface area contributed by atoms with E-state index in [0.717, 1.165) is 17.2 Å². The molecule has 0 fully saturated rings. The number of para-hydroxylation sites is 1. The molecular weight excluding hydrogens is 266 g/mol. The molecule has 2 rings (SSSR count). The van der Waals surface area contributed by atoms with Crippen molar-refractivity contribution in [1.29, 1.82) is 0 Å². The molecule has 0 aliphatic heterocycles. The second-order valence-electron chi connectivity index (χ2n) is 4.60. The van der Waals surface area contributed by atoms with Gasteiger partial charge in [0.15, 0.2) is 0 Å². The van der Waals surface area contributed by atoms with Gasteiger partial charge in [0.1, 0.15) is 5.75 Å². The summed E-state index contributed by atoms with van der Waals surface area (Å²) in [5.74, 6) is 0.919. The van der Waals surface area contributed by atoms with Crippen molar-refractivity contribution >= 4 is 11.8 Å². The van der Waals surface area contributed by atoms with Gasteiger partial charge in [0.05, 0.1) is 12.0 Å². The van der Waals surface area contributed by atoms with Crippen LogP contribution in [0.4, 0.5) is 0 Å². The highest BCUT2D eigenvalue weighted by Crippen LogP contribution is 2.34. The van der Waals surface area contributed by atoms with E-state index in [1.165, 1.54) is 10.5 Å². The molecule has 0 aliphatic carbocycles. The van der Waals surface area contributed by atoms with Crippen molar-refractivity contribution in [3.63, 3.8) is 0 Å². The summed E-state index contributed by atoms with van der Waals surface area (Å²) >= 11 is 1.73. The predicted octanol–water partition coefficient (Wildman–Crippen LogP) is 4.52. The Morgan fingerprint density at radius 1 is 1.10 bits per heavy atom. The molecular formula is C17H21NOS. The van der Waals surface area contributed by atoms with Crippen LogP contribution in [-0.2, 0) is 0 Å². The highest BCUT2D eigenvalue weighted by Gasteiger charge is 2.06. The van der Waals surface area contributed by atoms with E-state index >= 15 is 0 Å². The number of methoxy groups -OCH3 is 1. The first-order chi connectivity index (χ1) is 9.74. The standard InChI is InChI=1S/C17H21NOS/c1-4-18-13(2)14-9-11-15(12-10-14)20-17-8-6-5-7-16(17)19-3/h5-13,18H,4H2,1-3H3. The van der Waals surface area contributed by atoms with Crippen molar-refractivity contribution in [2.45, 2.75) is 29.7 Å². The van der Waals surface area contributed by atoms with E-state index < -0.39 is 0 Å². The van der Waals surface area contributed by atoms with Gasteiger partial charge in [-0.2, -0.15) is 0 Å². The lowest BCUT2D eigenvalue weighted by Gasteiger charge is -2.13. The van der Waals surface area contributed by atoms with Crippen LogP contribution < -0.4 is 10.1 Å². The van der Waals surface area contributed by atoms with E-state index in [1.807, 2.05) is 18.2 Å². The molecule has 3 heteroatoms. The van der Waals surface area contributed by atoms with E-state index in [1.54, 1.807) is 18.9 Å². The fourth-order valence-electron chi connectivity index (χ4n) is 2.08. The molecule has 2 nitrogen and oxygen atoms in total. The molecule has 0 amide bonds. The number of hydrogen-bond donors (Lipinski definition) is 1. The number of rotatable bonds is 6. The van der Waals surface area contributed by atoms with E-state index in [9.17, 15) is 0 Å². The fraction of sp³-hybridized carbons (Fsp3) is 0.294. The third kappa shape index (κ3) is 3.78. The first-order valence-electron chi connectivity index (χ1n) is 6.88. The van der Waals surface area contributed by atoms with Gasteiger partial charge in [-0.05, 0) is 43.3 Å². The molecule has 1 unspecified atom stereocenters. The Morgan fingerprint density at radius 2 is 1.80 bits per heavy atom. The summed E-state index contributed by atoms with van der Waals surface area (Å²) in [6.07, 6.45) is 0. The number of ether oxygens (including phenoxy) is 1. The maximum absolute atomic E-state index is 5.38. The van der Waals surface area contributed by atoms with Crippen LogP contribution >= 0.6 is 11.8 Å². The fourth-order valence-corrected chi connectivity index (χ4v) is 3.00. The van der Waals surface area contributed by atoms with E-state index in [0.29, 0.717) is 6.04 Å². The van der Waals surface area contributed by atoms with Crippen molar-refractivity contribution < 1.29 is 4.74 Å². The minimum atomic E-state index is 0.394. The van der Waals surface area contributed by atoms with E-state index in [2.05, 4.69) is 49.5 Å². The monoisotopic (exact) mass is 287 g/mol. The summed E-state index contributed by atoms with van der Waals surface area (Å²) in [5.41, 5.74) is 1.32. The Hall–Kier alpha value is -1.45. The number of benzene rings is 2. The highest BCUT2D eigenvalue weighted by molar-refractivity contribution is 7.99. The van der Waals surface area contributed by atoms with Crippen molar-refractivity contribution in [1.82, 2.24) is 5.32 Å². The summed E-state index contributed by atoms with van der Waals surface area (Å²) in [6, 6.07) is 17.2. The molecule has 106 valence electrons. The highest BCUT2D eigenvalue weighted by atomic mass is 32.2. The van der Waals surface area contributed by atoms with Gasteiger partial charge >= 0.3 is 0 Å². The van der Waals surface area contributed by atoms with Crippen LogP contribution in [0.3, 0.4) is 0 Å². The number of hydrogen-bond acceptors (Lipinski definition) is 3. The minimum absolute atomic E-state index is 0.394. The molecule has 20 heavy (non-hydrogen) atoms. The molecule has 0 heterocycles. The van der Waals surface area contributed by atoms with Crippen molar-refractivity contribution in [3.8, 4) is 5.75 Å². The quantitative estimate of drug-likeness (QED) is 0.844. The molecule has 0 bridgehead atoms. The maximum atomic E-state index is 5.38. The molecule has 0 saturated carbocycles. The van der Waals surface area contributed by atoms with Crippen molar-refractivity contribution in [2.24, 2.45) is 0 Å². The van der Waals surface area contributed by atoms with Crippen LogP contribution in [0.1, 0.15) is 25.5 Å². The largest absolute Gasteiger partial charge is 0.496 e. The molecule has 0 aromatic heterocycles. The van der Waals surface area contributed by atoms with E-state index in [-0.39, 0.29) is 0 Å². The average Bonchev–Trinajstić information content (AvgIpc) is 2.49. The van der Waals surface area contributed by atoms with Crippen LogP contribution in [0, 0.1) is 0 Å². The summed E-state index contributed by atoms with van der Waals surface area (Å²) in [5, 5.41) is 3.42. The molecule has 1 N–H and O–H groups in total. The molecule has 0 saturated heterocycles. The van der Waals surface area contributed by atoms with Gasteiger partial charge in [0.2, 0.25) is 0 Å². The summed E-state index contributed by atoms with van der Waals surface area (Å²) < 4.78 is 5.38. The third-order valence-electron chi connectivity index (χ3n) is 3.19. The van der Waals surface area contributed by atoms with Gasteiger partial charge in [-0.1, -0.05) is 43.0 Å². The lowest BCUT2D eigenvalue weighted by molar-refractivity contribution is 0.405. The second-order valence-corrected chi connectivity index (χ2v) is 5.72. The van der Waals surface area contributed by atoms with Gasteiger partial charge in [0.25, 0.3) is 0 Å². The molecule has 0 radical (unpaired) electrons. The maximum Gasteiger partial charge on any atom is 0.132 e. The Balaban J connectivity index is 2.11. The minimum Gasteiger partial charge on any atom is -0.496 e. The summed E-state index contributed by atoms with van der Waals surface area (Å²) in [4.78, 5) is 2.37. The Bertz CT molecular complexity index is 539. The van der Waals surface area contributed by atoms with Crippen LogP contribution in [0.5, 0.6) is 5.75 Å². The lowest BCUT2D eigenvalue weighted by atomic mass is 10.1. The average molecular weight is 287 g/mol. The van der Waals surface area contributed by atoms with Crippen molar-refractivity contribution in [3.05, 3.63) is 54.1 Å². The zero-order chi connectivity index (χ0) is 14.4. The zero-order valence-corrected chi connectivity index (χ0v) is 13.0. The first-order valence-corrected chi connectivity index (χ1v) is 7.70. The predicted molar refractivity (Wildman–Crippen MR) is 85.7 cm³/mol. The van der Waals surface area contributed by atoms with Crippen LogP contribution in [0.15, 0.2) is 58.3 Å². The molecule has 1 atom stereocenters.